The van der Waals surface area contributed by atoms with E-state index >= 15 is 0 Å². The second-order valence-electron chi connectivity index (χ2n) is 6.59. The standard InChI is InChI=1S/C18H21ClN6/c19-13-3-1-2-4-14(13)23-16-15(11-5-7-12(20)8-6-11)17(21)24-25-10-9-22-18(16)25/h1-4,9-12,23H,5-8,20H2,(H2,21,24). The first kappa shape index (κ1) is 16.2. The Morgan fingerprint density at radius 3 is 2.68 bits per heavy atom. The molecule has 0 amide bonds. The van der Waals surface area contributed by atoms with Crippen molar-refractivity contribution in [2.75, 3.05) is 11.1 Å². The summed E-state index contributed by atoms with van der Waals surface area (Å²) >= 11 is 6.34. The Morgan fingerprint density at radius 2 is 1.92 bits per heavy atom. The zero-order valence-corrected chi connectivity index (χ0v) is 14.6. The molecule has 0 saturated heterocycles. The Balaban J connectivity index is 1.83. The number of nitrogens with two attached hydrogens (primary N) is 2. The van der Waals surface area contributed by atoms with E-state index in [2.05, 4.69) is 15.4 Å². The first-order valence-electron chi connectivity index (χ1n) is 8.53. The van der Waals surface area contributed by atoms with Crippen LogP contribution in [-0.2, 0) is 0 Å². The van der Waals surface area contributed by atoms with Gasteiger partial charge < -0.3 is 16.8 Å². The Hall–Kier alpha value is -2.31. The lowest BCUT2D eigenvalue weighted by Gasteiger charge is -2.29. The summed E-state index contributed by atoms with van der Waals surface area (Å²) in [5.74, 6) is 0.847. The van der Waals surface area contributed by atoms with Crippen molar-refractivity contribution in [2.24, 2.45) is 5.73 Å². The van der Waals surface area contributed by atoms with Gasteiger partial charge in [-0.3, -0.25) is 0 Å². The van der Waals surface area contributed by atoms with Crippen LogP contribution in [0, 0.1) is 0 Å². The number of rotatable bonds is 3. The van der Waals surface area contributed by atoms with Gasteiger partial charge in [-0.2, -0.15) is 0 Å². The van der Waals surface area contributed by atoms with E-state index in [1.807, 2.05) is 24.3 Å². The van der Waals surface area contributed by atoms with Crippen molar-refractivity contribution in [3.05, 3.63) is 47.2 Å². The van der Waals surface area contributed by atoms with E-state index in [4.69, 9.17) is 23.1 Å². The van der Waals surface area contributed by atoms with Gasteiger partial charge in [-0.05, 0) is 43.7 Å². The molecule has 2 aromatic heterocycles. The third kappa shape index (κ3) is 3.03. The molecule has 1 aliphatic carbocycles. The molecule has 6 nitrogen and oxygen atoms in total. The van der Waals surface area contributed by atoms with Crippen LogP contribution in [0.5, 0.6) is 0 Å². The number of halogens is 1. The molecule has 4 rings (SSSR count). The maximum atomic E-state index is 6.34. The number of nitrogen functional groups attached to an aromatic ring is 1. The molecule has 0 unspecified atom stereocenters. The molecule has 2 heterocycles. The minimum atomic E-state index is 0.278. The van der Waals surface area contributed by atoms with Gasteiger partial charge >= 0.3 is 0 Å². The van der Waals surface area contributed by atoms with Gasteiger partial charge in [0.25, 0.3) is 0 Å². The highest BCUT2D eigenvalue weighted by Gasteiger charge is 2.27. The summed E-state index contributed by atoms with van der Waals surface area (Å²) in [5, 5.41) is 8.59. The first-order chi connectivity index (χ1) is 12.1. The topological polar surface area (TPSA) is 94.3 Å². The predicted molar refractivity (Wildman–Crippen MR) is 101 cm³/mol. The molecule has 1 aromatic carbocycles. The lowest BCUT2D eigenvalue weighted by Crippen LogP contribution is -2.26. The summed E-state index contributed by atoms with van der Waals surface area (Å²) in [6.07, 6.45) is 7.51. The number of aromatic nitrogens is 3. The number of nitrogens with zero attached hydrogens (tertiary/aromatic N) is 3. The molecule has 1 aliphatic rings. The molecule has 1 fully saturated rings. The average Bonchev–Trinajstić information content (AvgIpc) is 3.06. The molecule has 0 radical (unpaired) electrons. The van der Waals surface area contributed by atoms with Crippen molar-refractivity contribution in [3.8, 4) is 0 Å². The van der Waals surface area contributed by atoms with Crippen LogP contribution in [0.2, 0.25) is 5.02 Å². The van der Waals surface area contributed by atoms with E-state index in [1.165, 1.54) is 0 Å². The van der Waals surface area contributed by atoms with Gasteiger partial charge in [-0.25, -0.2) is 9.50 Å². The van der Waals surface area contributed by atoms with Crippen molar-refractivity contribution >= 4 is 34.4 Å². The van der Waals surface area contributed by atoms with Crippen LogP contribution in [0.1, 0.15) is 37.2 Å². The van der Waals surface area contributed by atoms with Crippen LogP contribution < -0.4 is 16.8 Å². The van der Waals surface area contributed by atoms with Crippen molar-refractivity contribution < 1.29 is 0 Å². The van der Waals surface area contributed by atoms with Crippen LogP contribution in [0.3, 0.4) is 0 Å². The van der Waals surface area contributed by atoms with E-state index in [9.17, 15) is 0 Å². The van der Waals surface area contributed by atoms with Crippen molar-refractivity contribution in [1.29, 1.82) is 0 Å². The molecule has 0 bridgehead atoms. The van der Waals surface area contributed by atoms with Gasteiger partial charge in [-0.1, -0.05) is 23.7 Å². The van der Waals surface area contributed by atoms with Crippen LogP contribution in [0.4, 0.5) is 17.2 Å². The number of hydrogen-bond donors (Lipinski definition) is 3. The maximum absolute atomic E-state index is 6.34. The molecule has 1 saturated carbocycles. The highest BCUT2D eigenvalue weighted by atomic mass is 35.5. The zero-order valence-electron chi connectivity index (χ0n) is 13.8. The fraction of sp³-hybridized carbons (Fsp3) is 0.333. The first-order valence-corrected chi connectivity index (χ1v) is 8.91. The van der Waals surface area contributed by atoms with Crippen molar-refractivity contribution in [1.82, 2.24) is 14.6 Å². The summed E-state index contributed by atoms with van der Waals surface area (Å²) < 4.78 is 1.70. The maximum Gasteiger partial charge on any atom is 0.177 e. The van der Waals surface area contributed by atoms with Gasteiger partial charge in [0.2, 0.25) is 0 Å². The van der Waals surface area contributed by atoms with Gasteiger partial charge in [0, 0.05) is 24.0 Å². The van der Waals surface area contributed by atoms with Gasteiger partial charge in [-0.15, -0.1) is 5.10 Å². The van der Waals surface area contributed by atoms with Gasteiger partial charge in [0.1, 0.15) is 5.82 Å². The summed E-state index contributed by atoms with van der Waals surface area (Å²) in [6, 6.07) is 7.93. The molecule has 0 spiro atoms. The van der Waals surface area contributed by atoms with E-state index < -0.39 is 0 Å². The van der Waals surface area contributed by atoms with Crippen LogP contribution >= 0.6 is 11.6 Å². The Morgan fingerprint density at radius 1 is 1.16 bits per heavy atom. The summed E-state index contributed by atoms with van der Waals surface area (Å²) in [7, 11) is 0. The quantitative estimate of drug-likeness (QED) is 0.665. The lowest BCUT2D eigenvalue weighted by atomic mass is 9.81. The van der Waals surface area contributed by atoms with Gasteiger partial charge in [0.05, 0.1) is 16.4 Å². The molecular formula is C18H21ClN6. The second-order valence-corrected chi connectivity index (χ2v) is 6.99. The van der Waals surface area contributed by atoms with Crippen molar-refractivity contribution in [2.45, 2.75) is 37.6 Å². The monoisotopic (exact) mass is 356 g/mol. The van der Waals surface area contributed by atoms with E-state index in [1.54, 1.807) is 16.9 Å². The smallest absolute Gasteiger partial charge is 0.177 e. The van der Waals surface area contributed by atoms with Crippen LogP contribution in [0.25, 0.3) is 5.65 Å². The van der Waals surface area contributed by atoms with E-state index in [0.717, 1.165) is 48.3 Å². The number of nitrogens with one attached hydrogen (secondary N) is 1. The minimum Gasteiger partial charge on any atom is -0.382 e. The summed E-state index contributed by atoms with van der Waals surface area (Å²) in [6.45, 7) is 0. The number of imidazole rings is 1. The van der Waals surface area contributed by atoms with E-state index in [0.29, 0.717) is 16.8 Å². The summed E-state index contributed by atoms with van der Waals surface area (Å²) in [4.78, 5) is 4.47. The number of fused-ring (bicyclic) bond motifs is 1. The van der Waals surface area contributed by atoms with Crippen LogP contribution in [0.15, 0.2) is 36.7 Å². The zero-order chi connectivity index (χ0) is 17.4. The lowest BCUT2D eigenvalue weighted by molar-refractivity contribution is 0.396. The number of para-hydroxylation sites is 1. The average molecular weight is 357 g/mol. The number of hydrogen-bond acceptors (Lipinski definition) is 5. The fourth-order valence-electron chi connectivity index (χ4n) is 3.62. The highest BCUT2D eigenvalue weighted by Crippen LogP contribution is 2.41. The fourth-order valence-corrected chi connectivity index (χ4v) is 3.80. The SMILES string of the molecule is Nc1nn2ccnc2c(Nc2ccccc2Cl)c1C1CCC(N)CC1. The minimum absolute atomic E-state index is 0.278. The molecular weight excluding hydrogens is 336 g/mol. The van der Waals surface area contributed by atoms with E-state index in [-0.39, 0.29) is 6.04 Å². The molecule has 5 N–H and O–H groups in total. The third-order valence-electron chi connectivity index (χ3n) is 4.92. The second kappa shape index (κ2) is 6.54. The predicted octanol–water partition coefficient (Wildman–Crippen LogP) is 3.69. The summed E-state index contributed by atoms with van der Waals surface area (Å²) in [5.41, 5.74) is 15.9. The highest BCUT2D eigenvalue weighted by molar-refractivity contribution is 6.33. The molecule has 3 aromatic rings. The molecule has 130 valence electrons. The Bertz CT molecular complexity index is 898. The Labute approximate surface area is 151 Å². The Kier molecular flexibility index (Phi) is 4.23. The molecule has 0 aliphatic heterocycles. The molecule has 7 heteroatoms. The van der Waals surface area contributed by atoms with Crippen molar-refractivity contribution in [3.63, 3.8) is 0 Å². The molecule has 0 atom stereocenters. The molecule has 25 heavy (non-hydrogen) atoms. The van der Waals surface area contributed by atoms with Crippen LogP contribution in [-0.4, -0.2) is 20.6 Å². The normalized spacial score (nSPS) is 20.7. The number of benzene rings is 1. The third-order valence-corrected chi connectivity index (χ3v) is 5.25. The number of anilines is 3. The largest absolute Gasteiger partial charge is 0.382 e. The van der Waals surface area contributed by atoms with Gasteiger partial charge in [0.15, 0.2) is 5.65 Å².